The Morgan fingerprint density at radius 1 is 1.56 bits per heavy atom. The van der Waals surface area contributed by atoms with Crippen LogP contribution in [0.5, 0.6) is 0 Å². The molecule has 0 aromatic rings. The Kier molecular flexibility index (Phi) is 7.37. The van der Waals surface area contributed by atoms with Crippen LogP contribution in [0.2, 0.25) is 0 Å². The average molecular weight is 129 g/mol. The Labute approximate surface area is 56.9 Å². The maximum Gasteiger partial charge on any atom is 0.0647 e. The number of ether oxygens (including phenoxy) is 1. The second kappa shape index (κ2) is 7.66. The summed E-state index contributed by atoms with van der Waals surface area (Å²) >= 11 is 0. The summed E-state index contributed by atoms with van der Waals surface area (Å²) in [5.41, 5.74) is 0. The largest absolute Gasteiger partial charge is 0.376 e. The minimum atomic E-state index is 0.734. The molecule has 0 rings (SSSR count). The van der Waals surface area contributed by atoms with Crippen LogP contribution in [0.1, 0.15) is 6.92 Å². The molecular weight excluding hydrogens is 114 g/mol. The Bertz CT molecular complexity index is 71.3. The third-order valence-electron chi connectivity index (χ3n) is 0.946. The highest BCUT2D eigenvalue weighted by Gasteiger charge is 1.79. The highest BCUT2D eigenvalue weighted by atomic mass is 16.5. The molecule has 2 heteroatoms. The molecule has 0 saturated heterocycles. The summed E-state index contributed by atoms with van der Waals surface area (Å²) in [5.74, 6) is 0. The highest BCUT2D eigenvalue weighted by molar-refractivity contribution is 4.75. The lowest BCUT2D eigenvalue weighted by molar-refractivity contribution is 0.165. The van der Waals surface area contributed by atoms with Gasteiger partial charge in [-0.25, -0.2) is 0 Å². The van der Waals surface area contributed by atoms with Gasteiger partial charge in [-0.1, -0.05) is 12.2 Å². The first-order valence-corrected chi connectivity index (χ1v) is 3.25. The predicted octanol–water partition coefficient (Wildman–Crippen LogP) is 0.798. The van der Waals surface area contributed by atoms with Crippen LogP contribution in [0.25, 0.3) is 0 Å². The van der Waals surface area contributed by atoms with Crippen molar-refractivity contribution in [2.45, 2.75) is 6.92 Å². The van der Waals surface area contributed by atoms with Crippen molar-refractivity contribution in [1.82, 2.24) is 5.32 Å². The van der Waals surface area contributed by atoms with Crippen LogP contribution in [0.15, 0.2) is 12.2 Å². The number of allylic oxidation sites excluding steroid dienone is 1. The van der Waals surface area contributed by atoms with Crippen molar-refractivity contribution < 1.29 is 4.74 Å². The van der Waals surface area contributed by atoms with E-state index < -0.39 is 0 Å². The van der Waals surface area contributed by atoms with Gasteiger partial charge >= 0.3 is 0 Å². The van der Waals surface area contributed by atoms with Crippen LogP contribution >= 0.6 is 0 Å². The zero-order chi connectivity index (χ0) is 6.95. The van der Waals surface area contributed by atoms with Crippen molar-refractivity contribution in [2.24, 2.45) is 0 Å². The topological polar surface area (TPSA) is 21.3 Å². The van der Waals surface area contributed by atoms with Gasteiger partial charge in [-0.2, -0.15) is 0 Å². The van der Waals surface area contributed by atoms with Gasteiger partial charge in [0.2, 0.25) is 0 Å². The molecule has 9 heavy (non-hydrogen) atoms. The Morgan fingerprint density at radius 3 is 2.89 bits per heavy atom. The lowest BCUT2D eigenvalue weighted by atomic mass is 10.5. The minimum Gasteiger partial charge on any atom is -0.376 e. The maximum atomic E-state index is 5.17. The molecule has 1 N–H and O–H groups in total. The van der Waals surface area contributed by atoms with E-state index >= 15 is 0 Å². The Hall–Kier alpha value is -0.340. The van der Waals surface area contributed by atoms with Gasteiger partial charge in [0.1, 0.15) is 0 Å². The van der Waals surface area contributed by atoms with E-state index in [1.807, 2.05) is 26.1 Å². The average Bonchev–Trinajstić information content (AvgIpc) is 1.89. The second-order valence-corrected chi connectivity index (χ2v) is 1.75. The number of likely N-dealkylation sites (N-methyl/N-ethyl adjacent to an activating group) is 1. The number of hydrogen-bond donors (Lipinski definition) is 1. The molecule has 2 nitrogen and oxygen atoms in total. The molecule has 0 aliphatic carbocycles. The third-order valence-corrected chi connectivity index (χ3v) is 0.946. The van der Waals surface area contributed by atoms with Crippen molar-refractivity contribution in [3.8, 4) is 0 Å². The van der Waals surface area contributed by atoms with Crippen LogP contribution in [0.3, 0.4) is 0 Å². The zero-order valence-electron chi connectivity index (χ0n) is 6.18. The number of rotatable bonds is 5. The van der Waals surface area contributed by atoms with Gasteiger partial charge in [-0.05, 0) is 14.0 Å². The molecule has 0 aromatic heterocycles. The van der Waals surface area contributed by atoms with Gasteiger partial charge in [-0.3, -0.25) is 0 Å². The van der Waals surface area contributed by atoms with E-state index in [1.54, 1.807) is 0 Å². The first-order valence-electron chi connectivity index (χ1n) is 3.25. The fourth-order valence-corrected chi connectivity index (χ4v) is 0.422. The van der Waals surface area contributed by atoms with E-state index in [9.17, 15) is 0 Å². The fourth-order valence-electron chi connectivity index (χ4n) is 0.422. The van der Waals surface area contributed by atoms with Gasteiger partial charge in [0.05, 0.1) is 13.2 Å². The van der Waals surface area contributed by atoms with Gasteiger partial charge in [0, 0.05) is 6.54 Å². The van der Waals surface area contributed by atoms with Crippen LogP contribution < -0.4 is 5.32 Å². The Balaban J connectivity index is 2.75. The molecule has 0 aromatic carbocycles. The molecule has 54 valence electrons. The molecule has 0 amide bonds. The van der Waals surface area contributed by atoms with Crippen molar-refractivity contribution in [3.63, 3.8) is 0 Å². The van der Waals surface area contributed by atoms with Crippen molar-refractivity contribution in [2.75, 3.05) is 26.8 Å². The lowest BCUT2D eigenvalue weighted by Crippen LogP contribution is -2.13. The molecule has 0 spiro atoms. The van der Waals surface area contributed by atoms with Gasteiger partial charge in [0.15, 0.2) is 0 Å². The van der Waals surface area contributed by atoms with E-state index in [0.717, 1.165) is 19.8 Å². The summed E-state index contributed by atoms with van der Waals surface area (Å²) < 4.78 is 5.17. The molecule has 0 atom stereocenters. The van der Waals surface area contributed by atoms with Gasteiger partial charge < -0.3 is 10.1 Å². The van der Waals surface area contributed by atoms with Gasteiger partial charge in [-0.15, -0.1) is 0 Å². The lowest BCUT2D eigenvalue weighted by Gasteiger charge is -1.97. The van der Waals surface area contributed by atoms with E-state index in [2.05, 4.69) is 5.32 Å². The van der Waals surface area contributed by atoms with E-state index in [4.69, 9.17) is 4.74 Å². The van der Waals surface area contributed by atoms with Crippen molar-refractivity contribution >= 4 is 0 Å². The van der Waals surface area contributed by atoms with Crippen LogP contribution in [0, 0.1) is 0 Å². The predicted molar refractivity (Wildman–Crippen MR) is 39.6 cm³/mol. The fraction of sp³-hybridized carbons (Fsp3) is 0.714. The number of hydrogen-bond acceptors (Lipinski definition) is 2. The normalized spacial score (nSPS) is 10.9. The van der Waals surface area contributed by atoms with E-state index in [-0.39, 0.29) is 0 Å². The van der Waals surface area contributed by atoms with Crippen molar-refractivity contribution in [3.05, 3.63) is 12.2 Å². The second-order valence-electron chi connectivity index (χ2n) is 1.75. The molecule has 0 heterocycles. The Morgan fingerprint density at radius 2 is 2.33 bits per heavy atom. The number of nitrogens with one attached hydrogen (secondary N) is 1. The summed E-state index contributed by atoms with van der Waals surface area (Å²) in [6, 6.07) is 0. The van der Waals surface area contributed by atoms with Crippen LogP contribution in [-0.4, -0.2) is 26.8 Å². The van der Waals surface area contributed by atoms with E-state index in [0.29, 0.717) is 0 Å². The van der Waals surface area contributed by atoms with Crippen LogP contribution in [-0.2, 0) is 4.74 Å². The molecular formula is C7H15NO. The molecule has 0 radical (unpaired) electrons. The molecule has 0 fully saturated rings. The third kappa shape index (κ3) is 7.66. The minimum absolute atomic E-state index is 0.734. The molecule has 0 unspecified atom stereocenters. The quantitative estimate of drug-likeness (QED) is 0.438. The van der Waals surface area contributed by atoms with Crippen LogP contribution in [0.4, 0.5) is 0 Å². The monoisotopic (exact) mass is 129 g/mol. The first-order chi connectivity index (χ1) is 4.41. The summed E-state index contributed by atoms with van der Waals surface area (Å²) in [6.07, 6.45) is 3.98. The SMILES string of the molecule is CC=CCOCCNC. The summed E-state index contributed by atoms with van der Waals surface area (Å²) in [5, 5.41) is 3.00. The molecule has 0 aliphatic heterocycles. The summed E-state index contributed by atoms with van der Waals surface area (Å²) in [4.78, 5) is 0. The standard InChI is InChI=1S/C7H15NO/c1-3-4-6-9-7-5-8-2/h3-4,8H,5-7H2,1-2H3. The highest BCUT2D eigenvalue weighted by Crippen LogP contribution is 1.74. The maximum absolute atomic E-state index is 5.17. The first kappa shape index (κ1) is 8.66. The smallest absolute Gasteiger partial charge is 0.0647 e. The van der Waals surface area contributed by atoms with Gasteiger partial charge in [0.25, 0.3) is 0 Å². The molecule has 0 aliphatic rings. The molecule has 0 bridgehead atoms. The molecule has 0 saturated carbocycles. The summed E-state index contributed by atoms with van der Waals surface area (Å²) in [6.45, 7) is 4.44. The zero-order valence-corrected chi connectivity index (χ0v) is 6.18. The summed E-state index contributed by atoms with van der Waals surface area (Å²) in [7, 11) is 1.92. The van der Waals surface area contributed by atoms with Crippen molar-refractivity contribution in [1.29, 1.82) is 0 Å². The van der Waals surface area contributed by atoms with E-state index in [1.165, 1.54) is 0 Å².